The number of nitrogens with zero attached hydrogens (tertiary/aromatic N) is 2. The minimum Gasteiger partial charge on any atom is -0.455 e. The summed E-state index contributed by atoms with van der Waals surface area (Å²) in [6.45, 7) is 1.08. The summed E-state index contributed by atoms with van der Waals surface area (Å²) in [6, 6.07) is 5.23. The summed E-state index contributed by atoms with van der Waals surface area (Å²) in [5, 5.41) is 15.3. The Hall–Kier alpha value is -2.43. The number of primary amides is 1. The Kier molecular flexibility index (Phi) is 6.35. The van der Waals surface area contributed by atoms with Crippen molar-refractivity contribution >= 4 is 51.3 Å². The number of aromatic nitrogens is 2. The van der Waals surface area contributed by atoms with Gasteiger partial charge < -0.3 is 20.9 Å². The standard InChI is InChI=1S/C15H14BrClN4O5/c1-7(6-22)26-14(24)11-10(16)12(21(20-11)15(18)25)19-13(23)8-4-2-3-5-9(8)17/h2-5,7,22H,6H2,1H3,(H2,18,25)(H,19,23). The molecule has 1 atom stereocenters. The van der Waals surface area contributed by atoms with Crippen molar-refractivity contribution in [3.8, 4) is 0 Å². The van der Waals surface area contributed by atoms with Crippen molar-refractivity contribution in [1.82, 2.24) is 9.78 Å². The summed E-state index contributed by atoms with van der Waals surface area (Å²) in [5.74, 6) is -1.71. The van der Waals surface area contributed by atoms with E-state index in [2.05, 4.69) is 26.3 Å². The van der Waals surface area contributed by atoms with Crippen molar-refractivity contribution in [1.29, 1.82) is 0 Å². The van der Waals surface area contributed by atoms with Crippen molar-refractivity contribution < 1.29 is 24.2 Å². The van der Waals surface area contributed by atoms with Crippen LogP contribution in [0, 0.1) is 0 Å². The predicted molar refractivity (Wildman–Crippen MR) is 96.3 cm³/mol. The van der Waals surface area contributed by atoms with Crippen LogP contribution in [0.15, 0.2) is 28.7 Å². The van der Waals surface area contributed by atoms with Crippen molar-refractivity contribution in [3.63, 3.8) is 0 Å². The minimum atomic E-state index is -1.03. The second kappa shape index (κ2) is 8.30. The molecule has 138 valence electrons. The average Bonchev–Trinajstić information content (AvgIpc) is 2.92. The summed E-state index contributed by atoms with van der Waals surface area (Å²) in [5.41, 5.74) is 5.10. The molecule has 26 heavy (non-hydrogen) atoms. The Morgan fingerprint density at radius 3 is 2.65 bits per heavy atom. The lowest BCUT2D eigenvalue weighted by Crippen LogP contribution is -2.25. The third kappa shape index (κ3) is 4.21. The first-order valence-corrected chi connectivity index (χ1v) is 8.39. The Labute approximate surface area is 161 Å². The van der Waals surface area contributed by atoms with E-state index in [4.69, 9.17) is 27.2 Å². The van der Waals surface area contributed by atoms with E-state index in [0.29, 0.717) is 4.68 Å². The molecule has 0 saturated heterocycles. The third-order valence-corrected chi connectivity index (χ3v) is 4.23. The molecule has 0 radical (unpaired) electrons. The highest BCUT2D eigenvalue weighted by Crippen LogP contribution is 2.28. The molecule has 1 aromatic carbocycles. The van der Waals surface area contributed by atoms with E-state index >= 15 is 0 Å². The van der Waals surface area contributed by atoms with Crippen molar-refractivity contribution in [2.75, 3.05) is 11.9 Å². The molecule has 0 aliphatic rings. The molecule has 0 bridgehead atoms. The van der Waals surface area contributed by atoms with E-state index in [1.54, 1.807) is 12.1 Å². The van der Waals surface area contributed by atoms with E-state index in [9.17, 15) is 14.4 Å². The van der Waals surface area contributed by atoms with Crippen LogP contribution in [0.3, 0.4) is 0 Å². The number of anilines is 1. The summed E-state index contributed by atoms with van der Waals surface area (Å²) >= 11 is 9.07. The van der Waals surface area contributed by atoms with Crippen LogP contribution < -0.4 is 11.1 Å². The van der Waals surface area contributed by atoms with E-state index in [0.717, 1.165) is 0 Å². The Balaban J connectivity index is 2.39. The SMILES string of the molecule is CC(CO)OC(=O)c1nn(C(N)=O)c(NC(=O)c2ccccc2Cl)c1Br. The quantitative estimate of drug-likeness (QED) is 0.602. The highest BCUT2D eigenvalue weighted by atomic mass is 79.9. The number of aliphatic hydroxyl groups excluding tert-OH is 1. The molecule has 1 aromatic heterocycles. The van der Waals surface area contributed by atoms with Crippen LogP contribution in [0.5, 0.6) is 0 Å². The molecule has 9 nitrogen and oxygen atoms in total. The minimum absolute atomic E-state index is 0.00755. The maximum absolute atomic E-state index is 12.4. The summed E-state index contributed by atoms with van der Waals surface area (Å²) in [7, 11) is 0. The summed E-state index contributed by atoms with van der Waals surface area (Å²) in [4.78, 5) is 36.1. The zero-order valence-corrected chi connectivity index (χ0v) is 15.7. The first-order chi connectivity index (χ1) is 12.3. The molecular formula is C15H14BrClN4O5. The molecule has 0 saturated carbocycles. The lowest BCUT2D eigenvalue weighted by atomic mass is 10.2. The van der Waals surface area contributed by atoms with E-state index in [1.165, 1.54) is 19.1 Å². The van der Waals surface area contributed by atoms with Gasteiger partial charge in [0.25, 0.3) is 5.91 Å². The van der Waals surface area contributed by atoms with Crippen molar-refractivity contribution in [2.24, 2.45) is 5.73 Å². The molecule has 4 N–H and O–H groups in total. The zero-order chi connectivity index (χ0) is 19.4. The van der Waals surface area contributed by atoms with Crippen LogP contribution >= 0.6 is 27.5 Å². The third-order valence-electron chi connectivity index (χ3n) is 3.15. The zero-order valence-electron chi connectivity index (χ0n) is 13.4. The number of hydrogen-bond donors (Lipinski definition) is 3. The molecule has 2 rings (SSSR count). The van der Waals surface area contributed by atoms with Gasteiger partial charge in [-0.2, -0.15) is 9.78 Å². The number of esters is 1. The maximum atomic E-state index is 12.4. The van der Waals surface area contributed by atoms with Gasteiger partial charge in [0, 0.05) is 0 Å². The number of carbonyl (C=O) groups is 3. The van der Waals surface area contributed by atoms with Crippen LogP contribution in [-0.2, 0) is 4.74 Å². The molecule has 0 fully saturated rings. The van der Waals surface area contributed by atoms with Gasteiger partial charge in [0.15, 0.2) is 11.5 Å². The fourth-order valence-corrected chi connectivity index (χ4v) is 2.62. The Bertz CT molecular complexity index is 870. The van der Waals surface area contributed by atoms with Crippen molar-refractivity contribution in [2.45, 2.75) is 13.0 Å². The monoisotopic (exact) mass is 444 g/mol. The molecule has 1 unspecified atom stereocenters. The number of ether oxygens (including phenoxy) is 1. The number of hydrogen-bond acceptors (Lipinski definition) is 6. The lowest BCUT2D eigenvalue weighted by molar-refractivity contribution is 0.0189. The molecule has 2 amide bonds. The number of rotatable bonds is 5. The van der Waals surface area contributed by atoms with Gasteiger partial charge in [0.05, 0.1) is 21.7 Å². The van der Waals surface area contributed by atoms with Crippen LogP contribution in [0.1, 0.15) is 27.8 Å². The van der Waals surface area contributed by atoms with Crippen LogP contribution in [0.2, 0.25) is 5.02 Å². The van der Waals surface area contributed by atoms with E-state index in [-0.39, 0.29) is 26.6 Å². The van der Waals surface area contributed by atoms with E-state index < -0.39 is 30.6 Å². The van der Waals surface area contributed by atoms with Gasteiger partial charge in [-0.25, -0.2) is 9.59 Å². The number of amides is 2. The predicted octanol–water partition coefficient (Wildman–Crippen LogP) is 2.02. The van der Waals surface area contributed by atoms with Crippen LogP contribution in [-0.4, -0.2) is 45.5 Å². The van der Waals surface area contributed by atoms with E-state index in [1.807, 2.05) is 0 Å². The first kappa shape index (κ1) is 19.9. The fraction of sp³-hybridized carbons (Fsp3) is 0.200. The number of benzene rings is 1. The number of nitrogens with one attached hydrogen (secondary N) is 1. The normalized spacial score (nSPS) is 11.7. The highest BCUT2D eigenvalue weighted by molar-refractivity contribution is 9.10. The number of aliphatic hydroxyl groups is 1. The van der Waals surface area contributed by atoms with Gasteiger partial charge in [0.2, 0.25) is 0 Å². The van der Waals surface area contributed by atoms with Crippen molar-refractivity contribution in [3.05, 3.63) is 45.0 Å². The van der Waals surface area contributed by atoms with Gasteiger partial charge >= 0.3 is 12.0 Å². The van der Waals surface area contributed by atoms with Gasteiger partial charge in [-0.15, -0.1) is 0 Å². The Morgan fingerprint density at radius 1 is 1.42 bits per heavy atom. The number of halogens is 2. The van der Waals surface area contributed by atoms with Gasteiger partial charge in [-0.3, -0.25) is 4.79 Å². The van der Waals surface area contributed by atoms with Gasteiger partial charge in [-0.1, -0.05) is 23.7 Å². The number of nitrogens with two attached hydrogens (primary N) is 1. The highest BCUT2D eigenvalue weighted by Gasteiger charge is 2.27. The molecular weight excluding hydrogens is 432 g/mol. The largest absolute Gasteiger partial charge is 0.455 e. The molecule has 0 aliphatic heterocycles. The molecule has 0 aliphatic carbocycles. The topological polar surface area (TPSA) is 137 Å². The smallest absolute Gasteiger partial charge is 0.360 e. The van der Waals surface area contributed by atoms with Crippen LogP contribution in [0.4, 0.5) is 10.6 Å². The second-order valence-electron chi connectivity index (χ2n) is 5.09. The maximum Gasteiger partial charge on any atom is 0.360 e. The summed E-state index contributed by atoms with van der Waals surface area (Å²) in [6.07, 6.45) is -0.783. The lowest BCUT2D eigenvalue weighted by Gasteiger charge is -2.09. The Morgan fingerprint density at radius 2 is 2.08 bits per heavy atom. The molecule has 1 heterocycles. The summed E-state index contributed by atoms with van der Waals surface area (Å²) < 4.78 is 5.57. The second-order valence-corrected chi connectivity index (χ2v) is 6.29. The average molecular weight is 446 g/mol. The van der Waals surface area contributed by atoms with Crippen LogP contribution in [0.25, 0.3) is 0 Å². The van der Waals surface area contributed by atoms with Gasteiger partial charge in [-0.05, 0) is 35.0 Å². The molecule has 11 heteroatoms. The first-order valence-electron chi connectivity index (χ1n) is 7.22. The fourth-order valence-electron chi connectivity index (χ4n) is 1.89. The molecule has 0 spiro atoms. The van der Waals surface area contributed by atoms with Gasteiger partial charge in [0.1, 0.15) is 6.10 Å². The molecule has 2 aromatic rings. The number of carbonyl (C=O) groups excluding carboxylic acids is 3.